The molecule has 1 aromatic carbocycles. The second-order valence-electron chi connectivity index (χ2n) is 7.48. The molecule has 0 saturated carbocycles. The molecule has 2 aromatic heterocycles. The van der Waals surface area contributed by atoms with E-state index >= 15 is 0 Å². The van der Waals surface area contributed by atoms with Crippen molar-refractivity contribution in [2.75, 3.05) is 24.9 Å². The van der Waals surface area contributed by atoms with Gasteiger partial charge in [0.15, 0.2) is 5.76 Å². The summed E-state index contributed by atoms with van der Waals surface area (Å²) in [5.41, 5.74) is 1.88. The number of carbonyl (C=O) groups is 1. The lowest BCUT2D eigenvalue weighted by Crippen LogP contribution is -2.27. The molecule has 31 heavy (non-hydrogen) atoms. The number of aryl methyl sites for hydroxylation is 2. The van der Waals surface area contributed by atoms with Crippen LogP contribution in [0.4, 0.5) is 5.69 Å². The van der Waals surface area contributed by atoms with Crippen molar-refractivity contribution in [2.24, 2.45) is 0 Å². The van der Waals surface area contributed by atoms with Gasteiger partial charge in [0.25, 0.3) is 15.9 Å². The Hall–Kier alpha value is -3.27. The fraction of sp³-hybridized carbons (Fsp3) is 0.333. The largest absolute Gasteiger partial charge is 0.497 e. The lowest BCUT2D eigenvalue weighted by Gasteiger charge is -2.14. The predicted molar refractivity (Wildman–Crippen MR) is 115 cm³/mol. The number of nitrogens with zero attached hydrogens (tertiary/aromatic N) is 2. The predicted octanol–water partition coefficient (Wildman–Crippen LogP) is 3.33. The number of methoxy groups -OCH3 is 1. The molecule has 0 unspecified atom stereocenters. The molecular weight excluding hydrogens is 420 g/mol. The van der Waals surface area contributed by atoms with Crippen LogP contribution in [0.25, 0.3) is 11.5 Å². The number of ether oxygens (including phenoxy) is 1. The number of likely N-dealkylation sites (tertiary alicyclic amines) is 1. The van der Waals surface area contributed by atoms with Crippen molar-refractivity contribution >= 4 is 21.6 Å². The maximum atomic E-state index is 13.0. The molecule has 164 valence electrons. The molecule has 4 rings (SSSR count). The second kappa shape index (κ2) is 8.10. The van der Waals surface area contributed by atoms with Crippen molar-refractivity contribution in [2.45, 2.75) is 31.6 Å². The standard InChI is InChI=1S/C21H24N4O5S/c1-13-10-15(29-3)6-7-17(13)24-31(27,28)19-11-18(30-14(19)2)20-16(12-22-23-20)21(26)25-8-4-5-9-25/h6-7,10-12,24H,4-5,8-9H2,1-3H3,(H,22,23). The summed E-state index contributed by atoms with van der Waals surface area (Å²) < 4.78 is 39.6. The fourth-order valence-corrected chi connectivity index (χ4v) is 4.97. The number of H-pyrrole nitrogens is 1. The number of aromatic nitrogens is 2. The first-order valence-corrected chi connectivity index (χ1v) is 11.4. The number of furan rings is 1. The number of nitrogens with one attached hydrogen (secondary N) is 2. The van der Waals surface area contributed by atoms with Gasteiger partial charge in [-0.05, 0) is 50.5 Å². The van der Waals surface area contributed by atoms with E-state index in [2.05, 4.69) is 14.9 Å². The van der Waals surface area contributed by atoms with Crippen LogP contribution in [-0.2, 0) is 10.0 Å². The van der Waals surface area contributed by atoms with Gasteiger partial charge in [0.05, 0.1) is 24.6 Å². The number of aromatic amines is 1. The number of carbonyl (C=O) groups excluding carboxylic acids is 1. The highest BCUT2D eigenvalue weighted by Gasteiger charge is 2.28. The van der Waals surface area contributed by atoms with Crippen LogP contribution in [0.2, 0.25) is 0 Å². The molecule has 0 aliphatic carbocycles. The maximum Gasteiger partial charge on any atom is 0.265 e. The van der Waals surface area contributed by atoms with Gasteiger partial charge in [-0.3, -0.25) is 14.6 Å². The van der Waals surface area contributed by atoms with E-state index in [1.807, 2.05) is 0 Å². The minimum absolute atomic E-state index is 0.00751. The molecule has 2 N–H and O–H groups in total. The van der Waals surface area contributed by atoms with Crippen LogP contribution in [0.1, 0.15) is 34.5 Å². The summed E-state index contributed by atoms with van der Waals surface area (Å²) in [4.78, 5) is 14.6. The third kappa shape index (κ3) is 4.02. The number of amides is 1. The summed E-state index contributed by atoms with van der Waals surface area (Å²) in [6, 6.07) is 6.47. The van der Waals surface area contributed by atoms with Gasteiger partial charge in [-0.25, -0.2) is 8.42 Å². The molecule has 0 radical (unpaired) electrons. The van der Waals surface area contributed by atoms with Crippen LogP contribution in [0, 0.1) is 13.8 Å². The molecule has 1 fully saturated rings. The van der Waals surface area contributed by atoms with E-state index < -0.39 is 10.0 Å². The quantitative estimate of drug-likeness (QED) is 0.602. The molecule has 0 atom stereocenters. The highest BCUT2D eigenvalue weighted by Crippen LogP contribution is 2.32. The van der Waals surface area contributed by atoms with E-state index in [1.54, 1.807) is 44.1 Å². The van der Waals surface area contributed by atoms with Gasteiger partial charge < -0.3 is 14.1 Å². The summed E-state index contributed by atoms with van der Waals surface area (Å²) in [6.07, 6.45) is 3.39. The van der Waals surface area contributed by atoms with Gasteiger partial charge in [-0.2, -0.15) is 5.10 Å². The molecular formula is C21H24N4O5S. The van der Waals surface area contributed by atoms with Crippen molar-refractivity contribution < 1.29 is 22.4 Å². The lowest BCUT2D eigenvalue weighted by atomic mass is 10.2. The normalized spacial score (nSPS) is 14.1. The van der Waals surface area contributed by atoms with Crippen molar-refractivity contribution in [3.63, 3.8) is 0 Å². The number of hydrogen-bond acceptors (Lipinski definition) is 6. The highest BCUT2D eigenvalue weighted by molar-refractivity contribution is 7.92. The average molecular weight is 445 g/mol. The van der Waals surface area contributed by atoms with Crippen molar-refractivity contribution in [3.8, 4) is 17.2 Å². The first-order valence-electron chi connectivity index (χ1n) is 9.91. The average Bonchev–Trinajstić information content (AvgIpc) is 3.49. The molecule has 0 bridgehead atoms. The molecule has 0 spiro atoms. The Morgan fingerprint density at radius 2 is 1.97 bits per heavy atom. The van der Waals surface area contributed by atoms with Gasteiger partial charge in [-0.15, -0.1) is 0 Å². The van der Waals surface area contributed by atoms with Crippen molar-refractivity contribution in [1.82, 2.24) is 15.1 Å². The van der Waals surface area contributed by atoms with Crippen LogP contribution in [0.5, 0.6) is 5.75 Å². The zero-order chi connectivity index (χ0) is 22.2. The number of hydrogen-bond donors (Lipinski definition) is 2. The minimum Gasteiger partial charge on any atom is -0.497 e. The van der Waals surface area contributed by atoms with E-state index in [0.717, 1.165) is 18.4 Å². The van der Waals surface area contributed by atoms with Crippen molar-refractivity contribution in [1.29, 1.82) is 0 Å². The monoisotopic (exact) mass is 444 g/mol. The Bertz CT molecular complexity index is 1220. The maximum absolute atomic E-state index is 13.0. The summed E-state index contributed by atoms with van der Waals surface area (Å²) in [5.74, 6) is 0.940. The first kappa shape index (κ1) is 21.0. The Morgan fingerprint density at radius 3 is 2.65 bits per heavy atom. The topological polar surface area (TPSA) is 118 Å². The van der Waals surface area contributed by atoms with Crippen LogP contribution in [0.3, 0.4) is 0 Å². The minimum atomic E-state index is -3.92. The van der Waals surface area contributed by atoms with Crippen LogP contribution in [-0.4, -0.2) is 49.6 Å². The Labute approximate surface area is 180 Å². The van der Waals surface area contributed by atoms with E-state index in [4.69, 9.17) is 9.15 Å². The zero-order valence-corrected chi connectivity index (χ0v) is 18.4. The smallest absolute Gasteiger partial charge is 0.265 e. The third-order valence-electron chi connectivity index (χ3n) is 5.35. The van der Waals surface area contributed by atoms with Gasteiger partial charge in [0, 0.05) is 19.2 Å². The third-order valence-corrected chi connectivity index (χ3v) is 6.82. The summed E-state index contributed by atoms with van der Waals surface area (Å²) in [6.45, 7) is 4.75. The summed E-state index contributed by atoms with van der Waals surface area (Å²) >= 11 is 0. The molecule has 1 aliphatic heterocycles. The zero-order valence-electron chi connectivity index (χ0n) is 17.6. The number of anilines is 1. The fourth-order valence-electron chi connectivity index (χ4n) is 3.66. The highest BCUT2D eigenvalue weighted by atomic mass is 32.2. The van der Waals surface area contributed by atoms with Gasteiger partial charge in [0.2, 0.25) is 0 Å². The number of sulfonamides is 1. The SMILES string of the molecule is COc1ccc(NS(=O)(=O)c2cc(-c3[nH]ncc3C(=O)N3CCCC3)oc2C)c(C)c1. The van der Waals surface area contributed by atoms with E-state index in [0.29, 0.717) is 35.8 Å². The lowest BCUT2D eigenvalue weighted by molar-refractivity contribution is 0.0793. The molecule has 3 heterocycles. The summed E-state index contributed by atoms with van der Waals surface area (Å²) in [7, 11) is -2.37. The Morgan fingerprint density at radius 1 is 1.23 bits per heavy atom. The van der Waals surface area contributed by atoms with Crippen LogP contribution < -0.4 is 9.46 Å². The van der Waals surface area contributed by atoms with Gasteiger partial charge in [0.1, 0.15) is 22.1 Å². The van der Waals surface area contributed by atoms with E-state index in [9.17, 15) is 13.2 Å². The molecule has 1 saturated heterocycles. The van der Waals surface area contributed by atoms with E-state index in [-0.39, 0.29) is 22.3 Å². The second-order valence-corrected chi connectivity index (χ2v) is 9.13. The molecule has 1 aliphatic rings. The Balaban J connectivity index is 1.64. The van der Waals surface area contributed by atoms with Gasteiger partial charge in [-0.1, -0.05) is 0 Å². The Kier molecular flexibility index (Phi) is 5.48. The molecule has 1 amide bonds. The molecule has 3 aromatic rings. The first-order chi connectivity index (χ1) is 14.8. The van der Waals surface area contributed by atoms with E-state index in [1.165, 1.54) is 12.3 Å². The number of rotatable bonds is 6. The van der Waals surface area contributed by atoms with Gasteiger partial charge >= 0.3 is 0 Å². The van der Waals surface area contributed by atoms with Crippen molar-refractivity contribution in [3.05, 3.63) is 47.3 Å². The van der Waals surface area contributed by atoms with Crippen LogP contribution >= 0.6 is 0 Å². The summed E-state index contributed by atoms with van der Waals surface area (Å²) in [5, 5.41) is 6.75. The molecule has 9 nitrogen and oxygen atoms in total. The molecule has 10 heteroatoms. The van der Waals surface area contributed by atoms with Crippen LogP contribution in [0.15, 0.2) is 39.8 Å². The number of benzene rings is 1.